The van der Waals surface area contributed by atoms with Crippen molar-refractivity contribution in [3.8, 4) is 5.75 Å². The van der Waals surface area contributed by atoms with E-state index in [4.69, 9.17) is 4.74 Å². The van der Waals surface area contributed by atoms with E-state index in [0.29, 0.717) is 24.2 Å². The van der Waals surface area contributed by atoms with Gasteiger partial charge in [-0.25, -0.2) is 0 Å². The number of piperidine rings is 1. The molecule has 1 aliphatic rings. The van der Waals surface area contributed by atoms with Crippen molar-refractivity contribution in [1.29, 1.82) is 0 Å². The molecule has 1 heterocycles. The van der Waals surface area contributed by atoms with Crippen LogP contribution in [0.25, 0.3) is 0 Å². The number of thioether (sulfide) groups is 1. The molecule has 1 N–H and O–H groups in total. The summed E-state index contributed by atoms with van der Waals surface area (Å²) >= 11 is 1.70. The molecular weight excluding hydrogens is 444 g/mol. The molecule has 1 atom stereocenters. The lowest BCUT2D eigenvalue weighted by molar-refractivity contribution is 0.0706. The molecule has 0 unspecified atom stereocenters. The van der Waals surface area contributed by atoms with Crippen molar-refractivity contribution < 1.29 is 14.3 Å². The number of carbonyl (C=O) groups is 2. The Balaban J connectivity index is 1.39. The summed E-state index contributed by atoms with van der Waals surface area (Å²) in [6.45, 7) is 1.89. The van der Waals surface area contributed by atoms with Crippen molar-refractivity contribution in [1.82, 2.24) is 10.2 Å². The summed E-state index contributed by atoms with van der Waals surface area (Å²) in [6, 6.07) is 23.3. The number of nitrogens with one attached hydrogen (secondary N) is 1. The average Bonchev–Trinajstić information content (AvgIpc) is 2.91. The van der Waals surface area contributed by atoms with E-state index >= 15 is 0 Å². The van der Waals surface area contributed by atoms with E-state index in [1.807, 2.05) is 65.8 Å². The van der Waals surface area contributed by atoms with Crippen molar-refractivity contribution in [2.24, 2.45) is 0 Å². The third-order valence-corrected chi connectivity index (χ3v) is 7.02. The van der Waals surface area contributed by atoms with Crippen molar-refractivity contribution in [2.75, 3.05) is 26.5 Å². The highest BCUT2D eigenvalue weighted by molar-refractivity contribution is 7.98. The molecule has 4 rings (SSSR count). The molecule has 0 spiro atoms. The Kier molecular flexibility index (Phi) is 7.91. The number of hydrogen-bond donors (Lipinski definition) is 1. The van der Waals surface area contributed by atoms with Gasteiger partial charge in [-0.1, -0.05) is 24.3 Å². The molecule has 0 saturated carbocycles. The zero-order valence-electron chi connectivity index (χ0n) is 19.6. The zero-order chi connectivity index (χ0) is 23.9. The number of hydrogen-bond acceptors (Lipinski definition) is 4. The normalized spacial score (nSPS) is 15.6. The number of likely N-dealkylation sites (tertiary alicyclic amines) is 1. The molecule has 5 nitrogen and oxygen atoms in total. The standard InChI is InChI=1S/C28H30N2O3S/c1-33-25-12-10-21(11-13-25)28(32)30-16-4-7-24(19-30)22-5-3-6-23(17-22)27(31)29-18-20-8-14-26(34-2)15-9-20/h3,5-6,8-15,17,24H,4,7,16,18-19H2,1-2H3,(H,29,31)/t24-/m1/s1. The quantitative estimate of drug-likeness (QED) is 0.468. The van der Waals surface area contributed by atoms with E-state index in [9.17, 15) is 9.59 Å². The number of nitrogens with zero attached hydrogens (tertiary/aromatic N) is 1. The molecule has 0 radical (unpaired) electrons. The fraction of sp³-hybridized carbons (Fsp3) is 0.286. The molecule has 3 aromatic carbocycles. The molecule has 1 saturated heterocycles. The molecule has 1 aliphatic heterocycles. The summed E-state index contributed by atoms with van der Waals surface area (Å²) in [5.41, 5.74) is 3.49. The Morgan fingerprint density at radius 3 is 2.50 bits per heavy atom. The molecular formula is C28H30N2O3S. The van der Waals surface area contributed by atoms with Crippen LogP contribution in [-0.4, -0.2) is 43.2 Å². The van der Waals surface area contributed by atoms with E-state index in [1.54, 1.807) is 18.9 Å². The second-order valence-corrected chi connectivity index (χ2v) is 9.35. The number of rotatable bonds is 7. The molecule has 34 heavy (non-hydrogen) atoms. The minimum Gasteiger partial charge on any atom is -0.497 e. The average molecular weight is 475 g/mol. The lowest BCUT2D eigenvalue weighted by atomic mass is 9.89. The molecule has 6 heteroatoms. The Bertz CT molecular complexity index is 1130. The lowest BCUT2D eigenvalue weighted by Crippen LogP contribution is -2.39. The van der Waals surface area contributed by atoms with Gasteiger partial charge in [-0.05, 0) is 78.8 Å². The van der Waals surface area contributed by atoms with Crippen LogP contribution in [-0.2, 0) is 6.54 Å². The second-order valence-electron chi connectivity index (χ2n) is 8.48. The first-order valence-electron chi connectivity index (χ1n) is 11.5. The smallest absolute Gasteiger partial charge is 0.253 e. The van der Waals surface area contributed by atoms with Crippen LogP contribution in [0.4, 0.5) is 0 Å². The molecule has 2 amide bonds. The maximum Gasteiger partial charge on any atom is 0.253 e. The van der Waals surface area contributed by atoms with Gasteiger partial charge < -0.3 is 15.0 Å². The van der Waals surface area contributed by atoms with E-state index in [0.717, 1.165) is 36.3 Å². The first-order valence-corrected chi connectivity index (χ1v) is 12.7. The number of benzene rings is 3. The maximum atomic E-state index is 13.0. The molecule has 0 aliphatic carbocycles. The third kappa shape index (κ3) is 5.81. The second kappa shape index (κ2) is 11.3. The van der Waals surface area contributed by atoms with E-state index < -0.39 is 0 Å². The fourth-order valence-corrected chi connectivity index (χ4v) is 4.72. The molecule has 3 aromatic rings. The van der Waals surface area contributed by atoms with Crippen molar-refractivity contribution >= 4 is 23.6 Å². The summed E-state index contributed by atoms with van der Waals surface area (Å²) < 4.78 is 5.19. The predicted molar refractivity (Wildman–Crippen MR) is 137 cm³/mol. The van der Waals surface area contributed by atoms with Crippen LogP contribution in [0.2, 0.25) is 0 Å². The largest absolute Gasteiger partial charge is 0.497 e. The van der Waals surface area contributed by atoms with Crippen LogP contribution in [0.5, 0.6) is 5.75 Å². The highest BCUT2D eigenvalue weighted by Crippen LogP contribution is 2.28. The number of methoxy groups -OCH3 is 1. The van der Waals surface area contributed by atoms with Crippen molar-refractivity contribution in [2.45, 2.75) is 30.2 Å². The van der Waals surface area contributed by atoms with Crippen LogP contribution >= 0.6 is 11.8 Å². The van der Waals surface area contributed by atoms with Gasteiger partial charge in [-0.3, -0.25) is 9.59 Å². The highest BCUT2D eigenvalue weighted by Gasteiger charge is 2.26. The summed E-state index contributed by atoms with van der Waals surface area (Å²) in [7, 11) is 1.61. The Morgan fingerprint density at radius 2 is 1.79 bits per heavy atom. The van der Waals surface area contributed by atoms with E-state index in [2.05, 4.69) is 23.5 Å². The fourth-order valence-electron chi connectivity index (χ4n) is 4.31. The van der Waals surface area contributed by atoms with Gasteiger partial charge in [0.1, 0.15) is 5.75 Å². The molecule has 176 valence electrons. The summed E-state index contributed by atoms with van der Waals surface area (Å²) in [5, 5.41) is 3.02. The third-order valence-electron chi connectivity index (χ3n) is 6.28. The van der Waals surface area contributed by atoms with Crippen LogP contribution in [0, 0.1) is 0 Å². The van der Waals surface area contributed by atoms with Crippen molar-refractivity contribution in [3.05, 3.63) is 95.1 Å². The highest BCUT2D eigenvalue weighted by atomic mass is 32.2. The number of ether oxygens (including phenoxy) is 1. The lowest BCUT2D eigenvalue weighted by Gasteiger charge is -2.33. The molecule has 0 bridgehead atoms. The van der Waals surface area contributed by atoms with Crippen LogP contribution in [0.1, 0.15) is 50.6 Å². The Morgan fingerprint density at radius 1 is 1.03 bits per heavy atom. The van der Waals surface area contributed by atoms with Crippen LogP contribution < -0.4 is 10.1 Å². The van der Waals surface area contributed by atoms with E-state index in [1.165, 1.54) is 4.90 Å². The van der Waals surface area contributed by atoms with Gasteiger partial charge in [0.25, 0.3) is 11.8 Å². The minimum atomic E-state index is -0.0854. The van der Waals surface area contributed by atoms with Gasteiger partial charge in [-0.15, -0.1) is 11.8 Å². The predicted octanol–water partition coefficient (Wildman–Crippen LogP) is 5.37. The number of amides is 2. The maximum absolute atomic E-state index is 13.0. The monoisotopic (exact) mass is 474 g/mol. The topological polar surface area (TPSA) is 58.6 Å². The van der Waals surface area contributed by atoms with Gasteiger partial charge in [-0.2, -0.15) is 0 Å². The van der Waals surface area contributed by atoms with Crippen molar-refractivity contribution in [3.63, 3.8) is 0 Å². The SMILES string of the molecule is COc1ccc(C(=O)N2CCC[C@@H](c3cccc(C(=O)NCc4ccc(SC)cc4)c3)C2)cc1. The summed E-state index contributed by atoms with van der Waals surface area (Å²) in [6.07, 6.45) is 3.98. The van der Waals surface area contributed by atoms with E-state index in [-0.39, 0.29) is 17.7 Å². The summed E-state index contributed by atoms with van der Waals surface area (Å²) in [4.78, 5) is 28.9. The van der Waals surface area contributed by atoms with Gasteiger partial charge in [0, 0.05) is 41.6 Å². The van der Waals surface area contributed by atoms with Gasteiger partial charge >= 0.3 is 0 Å². The Hall–Kier alpha value is -3.25. The van der Waals surface area contributed by atoms with Crippen LogP contribution in [0.3, 0.4) is 0 Å². The zero-order valence-corrected chi connectivity index (χ0v) is 20.4. The van der Waals surface area contributed by atoms with Gasteiger partial charge in [0.05, 0.1) is 7.11 Å². The molecule has 0 aromatic heterocycles. The summed E-state index contributed by atoms with van der Waals surface area (Å²) in [5.74, 6) is 0.898. The van der Waals surface area contributed by atoms with Crippen LogP contribution in [0.15, 0.2) is 77.7 Å². The first-order chi connectivity index (χ1) is 16.6. The minimum absolute atomic E-state index is 0.0359. The first kappa shape index (κ1) is 23.9. The molecule has 1 fully saturated rings. The Labute approximate surface area is 205 Å². The van der Waals surface area contributed by atoms with Gasteiger partial charge in [0.2, 0.25) is 0 Å². The van der Waals surface area contributed by atoms with Gasteiger partial charge in [0.15, 0.2) is 0 Å². The number of carbonyl (C=O) groups excluding carboxylic acids is 2.